The Kier molecular flexibility index (Phi) is 6.49. The van der Waals surface area contributed by atoms with Gasteiger partial charge in [-0.25, -0.2) is 13.9 Å². The average molecular weight is 396 g/mol. The number of para-hydroxylation sites is 1. The van der Waals surface area contributed by atoms with Crippen molar-refractivity contribution in [2.24, 2.45) is 0 Å². The molecule has 0 aliphatic heterocycles. The number of rotatable bonds is 7. The second-order valence-corrected chi connectivity index (χ2v) is 6.63. The number of carbonyl (C=O) groups excluding carboxylic acids is 1. The highest BCUT2D eigenvalue weighted by Crippen LogP contribution is 2.19. The van der Waals surface area contributed by atoms with Gasteiger partial charge in [0.2, 0.25) is 0 Å². The van der Waals surface area contributed by atoms with Crippen molar-refractivity contribution in [3.8, 4) is 11.4 Å². The molecule has 0 saturated carbocycles. The van der Waals surface area contributed by atoms with E-state index in [4.69, 9.17) is 4.74 Å². The number of urea groups is 1. The van der Waals surface area contributed by atoms with Gasteiger partial charge in [-0.05, 0) is 50.6 Å². The number of benzene rings is 2. The van der Waals surface area contributed by atoms with Crippen LogP contribution in [-0.2, 0) is 13.1 Å². The Balaban J connectivity index is 1.57. The summed E-state index contributed by atoms with van der Waals surface area (Å²) in [5.41, 5.74) is 4.44. The van der Waals surface area contributed by atoms with Gasteiger partial charge >= 0.3 is 6.03 Å². The van der Waals surface area contributed by atoms with E-state index in [0.717, 1.165) is 22.6 Å². The lowest BCUT2D eigenvalue weighted by atomic mass is 10.2. The Labute approximate surface area is 169 Å². The maximum atomic E-state index is 13.9. The smallest absolute Gasteiger partial charge is 0.315 e. The van der Waals surface area contributed by atoms with E-state index in [1.807, 2.05) is 48.9 Å². The van der Waals surface area contributed by atoms with Crippen LogP contribution < -0.4 is 15.4 Å². The van der Waals surface area contributed by atoms with E-state index in [0.29, 0.717) is 18.7 Å². The van der Waals surface area contributed by atoms with Crippen LogP contribution in [0.1, 0.15) is 29.4 Å². The molecule has 29 heavy (non-hydrogen) atoms. The van der Waals surface area contributed by atoms with Crippen molar-refractivity contribution in [2.75, 3.05) is 6.61 Å². The first-order valence-corrected chi connectivity index (χ1v) is 9.53. The normalized spacial score (nSPS) is 10.6. The number of aromatic nitrogens is 2. The zero-order valence-corrected chi connectivity index (χ0v) is 16.8. The molecule has 2 aromatic carbocycles. The first-order valence-electron chi connectivity index (χ1n) is 9.53. The highest BCUT2D eigenvalue weighted by atomic mass is 19.1. The van der Waals surface area contributed by atoms with Gasteiger partial charge in [-0.1, -0.05) is 24.3 Å². The SMILES string of the molecule is CCOc1ccc(CNC(=O)NCc2c(C)nn(-c3ccccc3)c2C)cc1F. The van der Waals surface area contributed by atoms with Gasteiger partial charge in [0.1, 0.15) is 0 Å². The maximum Gasteiger partial charge on any atom is 0.315 e. The molecule has 3 rings (SSSR count). The summed E-state index contributed by atoms with van der Waals surface area (Å²) in [5.74, 6) is -0.229. The van der Waals surface area contributed by atoms with Crippen LogP contribution in [0.25, 0.3) is 5.69 Å². The molecule has 0 unspecified atom stereocenters. The van der Waals surface area contributed by atoms with E-state index >= 15 is 0 Å². The molecule has 0 radical (unpaired) electrons. The molecule has 0 atom stereocenters. The summed E-state index contributed by atoms with van der Waals surface area (Å²) in [6.45, 7) is 6.67. The maximum absolute atomic E-state index is 13.9. The first-order chi connectivity index (χ1) is 14.0. The molecule has 3 aromatic rings. The summed E-state index contributed by atoms with van der Waals surface area (Å²) < 4.78 is 20.9. The first kappa shape index (κ1) is 20.4. The molecular formula is C22H25FN4O2. The third kappa shape index (κ3) is 4.93. The predicted molar refractivity (Wildman–Crippen MR) is 110 cm³/mol. The molecule has 0 aliphatic rings. The average Bonchev–Trinajstić information content (AvgIpc) is 3.01. The lowest BCUT2D eigenvalue weighted by molar-refractivity contribution is 0.240. The minimum atomic E-state index is -0.439. The molecule has 0 aliphatic carbocycles. The number of carbonyl (C=O) groups is 1. The number of nitrogens with one attached hydrogen (secondary N) is 2. The van der Waals surface area contributed by atoms with Gasteiger partial charge < -0.3 is 15.4 Å². The minimum absolute atomic E-state index is 0.210. The van der Waals surface area contributed by atoms with Gasteiger partial charge in [0.05, 0.1) is 18.0 Å². The molecule has 152 valence electrons. The van der Waals surface area contributed by atoms with Crippen molar-refractivity contribution in [3.63, 3.8) is 0 Å². The van der Waals surface area contributed by atoms with Crippen molar-refractivity contribution in [1.29, 1.82) is 0 Å². The van der Waals surface area contributed by atoms with E-state index < -0.39 is 5.82 Å². The van der Waals surface area contributed by atoms with Crippen LogP contribution in [0.15, 0.2) is 48.5 Å². The van der Waals surface area contributed by atoms with Gasteiger partial charge in [-0.15, -0.1) is 0 Å². The van der Waals surface area contributed by atoms with E-state index in [9.17, 15) is 9.18 Å². The standard InChI is InChI=1S/C22H25FN4O2/c1-4-29-21-11-10-17(12-20(21)23)13-24-22(28)25-14-19-15(2)26-27(16(19)3)18-8-6-5-7-9-18/h5-12H,4,13-14H2,1-3H3,(H2,24,25,28). The monoisotopic (exact) mass is 396 g/mol. The Morgan fingerprint density at radius 1 is 1.10 bits per heavy atom. The summed E-state index contributed by atoms with van der Waals surface area (Å²) in [5, 5.41) is 10.2. The lowest BCUT2D eigenvalue weighted by Crippen LogP contribution is -2.34. The fraction of sp³-hybridized carbons (Fsp3) is 0.273. The third-order valence-corrected chi connectivity index (χ3v) is 4.62. The fourth-order valence-electron chi connectivity index (χ4n) is 3.09. The zero-order valence-electron chi connectivity index (χ0n) is 16.8. The summed E-state index contributed by atoms with van der Waals surface area (Å²) in [6.07, 6.45) is 0. The highest BCUT2D eigenvalue weighted by molar-refractivity contribution is 5.73. The minimum Gasteiger partial charge on any atom is -0.491 e. The molecule has 1 heterocycles. The van der Waals surface area contributed by atoms with Crippen LogP contribution in [0.4, 0.5) is 9.18 Å². The largest absolute Gasteiger partial charge is 0.491 e. The van der Waals surface area contributed by atoms with E-state index in [2.05, 4.69) is 15.7 Å². The number of amides is 2. The number of hydrogen-bond acceptors (Lipinski definition) is 3. The molecule has 1 aromatic heterocycles. The molecule has 2 N–H and O–H groups in total. The van der Waals surface area contributed by atoms with Gasteiger partial charge in [0.15, 0.2) is 11.6 Å². The fourth-order valence-corrected chi connectivity index (χ4v) is 3.09. The lowest BCUT2D eigenvalue weighted by Gasteiger charge is -2.10. The summed E-state index contributed by atoms with van der Waals surface area (Å²) in [6, 6.07) is 14.2. The Bertz CT molecular complexity index is 986. The van der Waals surface area contributed by atoms with Crippen LogP contribution in [0.2, 0.25) is 0 Å². The second-order valence-electron chi connectivity index (χ2n) is 6.63. The topological polar surface area (TPSA) is 68.2 Å². The Hall–Kier alpha value is -3.35. The van der Waals surface area contributed by atoms with Gasteiger partial charge in [0, 0.05) is 24.3 Å². The van der Waals surface area contributed by atoms with E-state index in [1.165, 1.54) is 6.07 Å². The predicted octanol–water partition coefficient (Wildman–Crippen LogP) is 4.03. The van der Waals surface area contributed by atoms with Crippen LogP contribution in [0, 0.1) is 19.7 Å². The van der Waals surface area contributed by atoms with Crippen LogP contribution in [0.5, 0.6) is 5.75 Å². The van der Waals surface area contributed by atoms with E-state index in [1.54, 1.807) is 19.1 Å². The quantitative estimate of drug-likeness (QED) is 0.634. The second kappa shape index (κ2) is 9.23. The molecule has 0 saturated heterocycles. The molecule has 0 spiro atoms. The Morgan fingerprint density at radius 3 is 2.52 bits per heavy atom. The van der Waals surface area contributed by atoms with Crippen molar-refractivity contribution in [3.05, 3.63) is 76.9 Å². The zero-order chi connectivity index (χ0) is 20.8. The molecule has 6 nitrogen and oxygen atoms in total. The summed E-state index contributed by atoms with van der Waals surface area (Å²) in [4.78, 5) is 12.2. The van der Waals surface area contributed by atoms with Gasteiger partial charge in [0.25, 0.3) is 0 Å². The van der Waals surface area contributed by atoms with Crippen molar-refractivity contribution < 1.29 is 13.9 Å². The summed E-state index contributed by atoms with van der Waals surface area (Å²) >= 11 is 0. The van der Waals surface area contributed by atoms with Gasteiger partial charge in [-0.3, -0.25) is 0 Å². The molecule has 0 fully saturated rings. The summed E-state index contributed by atoms with van der Waals surface area (Å²) in [7, 11) is 0. The number of hydrogen-bond donors (Lipinski definition) is 2. The van der Waals surface area contributed by atoms with Crippen molar-refractivity contribution in [2.45, 2.75) is 33.9 Å². The molecule has 0 bridgehead atoms. The third-order valence-electron chi connectivity index (χ3n) is 4.62. The van der Waals surface area contributed by atoms with Crippen molar-refractivity contribution in [1.82, 2.24) is 20.4 Å². The number of halogens is 1. The van der Waals surface area contributed by atoms with Gasteiger partial charge in [-0.2, -0.15) is 5.10 Å². The molecular weight excluding hydrogens is 371 g/mol. The number of nitrogens with zero attached hydrogens (tertiary/aromatic N) is 2. The van der Waals surface area contributed by atoms with Crippen LogP contribution in [0.3, 0.4) is 0 Å². The van der Waals surface area contributed by atoms with Crippen LogP contribution >= 0.6 is 0 Å². The highest BCUT2D eigenvalue weighted by Gasteiger charge is 2.13. The van der Waals surface area contributed by atoms with Crippen LogP contribution in [-0.4, -0.2) is 22.4 Å². The Morgan fingerprint density at radius 2 is 1.83 bits per heavy atom. The molecule has 7 heteroatoms. The molecule has 2 amide bonds. The number of aryl methyl sites for hydroxylation is 1. The number of ether oxygens (including phenoxy) is 1. The van der Waals surface area contributed by atoms with Crippen molar-refractivity contribution >= 4 is 6.03 Å². The van der Waals surface area contributed by atoms with E-state index in [-0.39, 0.29) is 18.3 Å².